The SMILES string of the molecule is COc1ccc(CNS(=O)(=O)c2ccccc2-c2nc(-c3ccc(C)cc3)no2)cc1. The highest BCUT2D eigenvalue weighted by atomic mass is 32.2. The molecular weight excluding hydrogens is 414 g/mol. The average Bonchev–Trinajstić information content (AvgIpc) is 3.29. The summed E-state index contributed by atoms with van der Waals surface area (Å²) in [5, 5.41) is 4.01. The van der Waals surface area contributed by atoms with Gasteiger partial charge in [-0.3, -0.25) is 0 Å². The third kappa shape index (κ3) is 4.65. The zero-order chi connectivity index (χ0) is 21.8. The van der Waals surface area contributed by atoms with Crippen molar-refractivity contribution >= 4 is 10.0 Å². The first-order chi connectivity index (χ1) is 15.0. The van der Waals surface area contributed by atoms with Crippen LogP contribution < -0.4 is 9.46 Å². The maximum absolute atomic E-state index is 13.0. The summed E-state index contributed by atoms with van der Waals surface area (Å²) in [6.45, 7) is 2.13. The molecule has 0 bridgehead atoms. The van der Waals surface area contributed by atoms with Crippen molar-refractivity contribution in [2.24, 2.45) is 0 Å². The highest BCUT2D eigenvalue weighted by Gasteiger charge is 2.22. The molecule has 1 heterocycles. The molecule has 0 aliphatic rings. The first kappa shape index (κ1) is 20.8. The van der Waals surface area contributed by atoms with Gasteiger partial charge in [-0.2, -0.15) is 4.98 Å². The van der Waals surface area contributed by atoms with Gasteiger partial charge < -0.3 is 9.26 Å². The number of methoxy groups -OCH3 is 1. The van der Waals surface area contributed by atoms with E-state index in [1.165, 1.54) is 6.07 Å². The van der Waals surface area contributed by atoms with Crippen LogP contribution in [0.2, 0.25) is 0 Å². The van der Waals surface area contributed by atoms with Crippen molar-refractivity contribution < 1.29 is 17.7 Å². The minimum atomic E-state index is -3.82. The van der Waals surface area contributed by atoms with Crippen LogP contribution in [0.4, 0.5) is 0 Å². The first-order valence-electron chi connectivity index (χ1n) is 9.59. The van der Waals surface area contributed by atoms with Crippen molar-refractivity contribution in [2.45, 2.75) is 18.4 Å². The molecule has 158 valence electrons. The normalized spacial score (nSPS) is 11.4. The summed E-state index contributed by atoms with van der Waals surface area (Å²) in [6, 6.07) is 21.4. The molecule has 3 aromatic carbocycles. The number of hydrogen-bond acceptors (Lipinski definition) is 6. The first-order valence-corrected chi connectivity index (χ1v) is 11.1. The van der Waals surface area contributed by atoms with Gasteiger partial charge in [-0.15, -0.1) is 0 Å². The number of aryl methyl sites for hydroxylation is 1. The Bertz CT molecular complexity index is 1280. The van der Waals surface area contributed by atoms with Gasteiger partial charge >= 0.3 is 0 Å². The standard InChI is InChI=1S/C23H21N3O4S/c1-16-7-11-18(12-8-16)22-25-23(30-26-22)20-5-3-4-6-21(20)31(27,28)24-15-17-9-13-19(29-2)14-10-17/h3-14,24H,15H2,1-2H3. The zero-order valence-electron chi connectivity index (χ0n) is 17.1. The Morgan fingerprint density at radius 3 is 2.39 bits per heavy atom. The zero-order valence-corrected chi connectivity index (χ0v) is 17.9. The number of aromatic nitrogens is 2. The van der Waals surface area contributed by atoms with Gasteiger partial charge in [-0.1, -0.05) is 59.3 Å². The highest BCUT2D eigenvalue weighted by molar-refractivity contribution is 7.89. The molecule has 7 nitrogen and oxygen atoms in total. The molecule has 0 unspecified atom stereocenters. The Morgan fingerprint density at radius 2 is 1.68 bits per heavy atom. The number of nitrogens with zero attached hydrogens (tertiary/aromatic N) is 2. The number of ether oxygens (including phenoxy) is 1. The molecule has 4 aromatic rings. The minimum absolute atomic E-state index is 0.0719. The molecule has 8 heteroatoms. The van der Waals surface area contributed by atoms with Crippen LogP contribution in [-0.2, 0) is 16.6 Å². The second-order valence-electron chi connectivity index (χ2n) is 6.96. The van der Waals surface area contributed by atoms with E-state index in [1.807, 2.05) is 31.2 Å². The predicted octanol–water partition coefficient (Wildman–Crippen LogP) is 4.20. The molecule has 1 aromatic heterocycles. The van der Waals surface area contributed by atoms with Crippen LogP contribution in [0.1, 0.15) is 11.1 Å². The summed E-state index contributed by atoms with van der Waals surface area (Å²) < 4.78 is 39.2. The Balaban J connectivity index is 1.59. The Kier molecular flexibility index (Phi) is 5.83. The van der Waals surface area contributed by atoms with Crippen LogP contribution in [0.15, 0.2) is 82.2 Å². The number of hydrogen-bond donors (Lipinski definition) is 1. The van der Waals surface area contributed by atoms with Crippen molar-refractivity contribution in [1.82, 2.24) is 14.9 Å². The minimum Gasteiger partial charge on any atom is -0.497 e. The van der Waals surface area contributed by atoms with Crippen LogP contribution in [0.3, 0.4) is 0 Å². The van der Waals surface area contributed by atoms with Crippen LogP contribution in [0.5, 0.6) is 5.75 Å². The van der Waals surface area contributed by atoms with Crippen LogP contribution in [-0.4, -0.2) is 25.7 Å². The molecule has 0 amide bonds. The lowest BCUT2D eigenvalue weighted by Crippen LogP contribution is -2.23. The highest BCUT2D eigenvalue weighted by Crippen LogP contribution is 2.28. The van der Waals surface area contributed by atoms with Gasteiger partial charge in [0.05, 0.1) is 17.6 Å². The molecular formula is C23H21N3O4S. The summed E-state index contributed by atoms with van der Waals surface area (Å²) in [5.74, 6) is 1.24. The number of rotatable bonds is 7. The van der Waals surface area contributed by atoms with Gasteiger partial charge in [-0.25, -0.2) is 13.1 Å². The van der Waals surface area contributed by atoms with E-state index < -0.39 is 10.0 Å². The monoisotopic (exact) mass is 435 g/mol. The van der Waals surface area contributed by atoms with Crippen molar-refractivity contribution in [2.75, 3.05) is 7.11 Å². The molecule has 0 atom stereocenters. The molecule has 0 spiro atoms. The Labute approximate surface area is 180 Å². The lowest BCUT2D eigenvalue weighted by atomic mass is 10.1. The smallest absolute Gasteiger partial charge is 0.259 e. The average molecular weight is 436 g/mol. The Morgan fingerprint density at radius 1 is 0.968 bits per heavy atom. The van der Waals surface area contributed by atoms with Gasteiger partial charge in [0.2, 0.25) is 15.8 Å². The lowest BCUT2D eigenvalue weighted by molar-refractivity contribution is 0.414. The van der Waals surface area contributed by atoms with E-state index in [9.17, 15) is 8.42 Å². The molecule has 1 N–H and O–H groups in total. The molecule has 31 heavy (non-hydrogen) atoms. The van der Waals surface area contributed by atoms with E-state index in [1.54, 1.807) is 49.6 Å². The summed E-state index contributed by atoms with van der Waals surface area (Å²) >= 11 is 0. The van der Waals surface area contributed by atoms with Gasteiger partial charge in [0, 0.05) is 12.1 Å². The predicted molar refractivity (Wildman–Crippen MR) is 117 cm³/mol. The molecule has 4 rings (SSSR count). The van der Waals surface area contributed by atoms with Crippen molar-refractivity contribution in [3.63, 3.8) is 0 Å². The second-order valence-corrected chi connectivity index (χ2v) is 8.69. The number of benzene rings is 3. The number of sulfonamides is 1. The lowest BCUT2D eigenvalue weighted by Gasteiger charge is -2.10. The maximum atomic E-state index is 13.0. The van der Waals surface area contributed by atoms with Crippen LogP contribution in [0, 0.1) is 6.92 Å². The molecule has 0 aliphatic carbocycles. The van der Waals surface area contributed by atoms with Crippen molar-refractivity contribution in [3.8, 4) is 28.6 Å². The summed E-state index contributed by atoms with van der Waals surface area (Å²) in [7, 11) is -2.24. The molecule has 0 aliphatic heterocycles. The fraction of sp³-hybridized carbons (Fsp3) is 0.130. The molecule has 0 radical (unpaired) electrons. The van der Waals surface area contributed by atoms with E-state index in [2.05, 4.69) is 14.9 Å². The van der Waals surface area contributed by atoms with E-state index in [4.69, 9.17) is 9.26 Å². The van der Waals surface area contributed by atoms with Gasteiger partial charge in [0.15, 0.2) is 0 Å². The van der Waals surface area contributed by atoms with Crippen LogP contribution >= 0.6 is 0 Å². The molecule has 0 fully saturated rings. The summed E-state index contributed by atoms with van der Waals surface area (Å²) in [4.78, 5) is 4.48. The molecule has 0 saturated carbocycles. The fourth-order valence-electron chi connectivity index (χ4n) is 3.03. The third-order valence-corrected chi connectivity index (χ3v) is 6.23. The Hall–Kier alpha value is -3.49. The van der Waals surface area contributed by atoms with E-state index in [0.717, 1.165) is 16.7 Å². The van der Waals surface area contributed by atoms with E-state index >= 15 is 0 Å². The van der Waals surface area contributed by atoms with Crippen LogP contribution in [0.25, 0.3) is 22.8 Å². The number of nitrogens with one attached hydrogen (secondary N) is 1. The van der Waals surface area contributed by atoms with E-state index in [0.29, 0.717) is 17.1 Å². The van der Waals surface area contributed by atoms with Gasteiger partial charge in [0.25, 0.3) is 5.89 Å². The summed E-state index contributed by atoms with van der Waals surface area (Å²) in [5.41, 5.74) is 3.06. The molecule has 0 saturated heterocycles. The maximum Gasteiger partial charge on any atom is 0.259 e. The fourth-order valence-corrected chi connectivity index (χ4v) is 4.24. The van der Waals surface area contributed by atoms with Crippen molar-refractivity contribution in [1.29, 1.82) is 0 Å². The van der Waals surface area contributed by atoms with Gasteiger partial charge in [0.1, 0.15) is 5.75 Å². The quantitative estimate of drug-likeness (QED) is 0.468. The summed E-state index contributed by atoms with van der Waals surface area (Å²) in [6.07, 6.45) is 0. The van der Waals surface area contributed by atoms with Gasteiger partial charge in [-0.05, 0) is 36.8 Å². The van der Waals surface area contributed by atoms with Crippen molar-refractivity contribution in [3.05, 3.63) is 83.9 Å². The largest absolute Gasteiger partial charge is 0.497 e. The second kappa shape index (κ2) is 8.71. The van der Waals surface area contributed by atoms with E-state index in [-0.39, 0.29) is 17.3 Å². The third-order valence-electron chi connectivity index (χ3n) is 4.77. The topological polar surface area (TPSA) is 94.3 Å².